The highest BCUT2D eigenvalue weighted by Gasteiger charge is 2.15. The van der Waals surface area contributed by atoms with Crippen molar-refractivity contribution < 1.29 is 13.5 Å². The Bertz CT molecular complexity index is 540. The van der Waals surface area contributed by atoms with Crippen molar-refractivity contribution in [3.63, 3.8) is 0 Å². The third-order valence-electron chi connectivity index (χ3n) is 2.30. The molecule has 0 saturated heterocycles. The van der Waals surface area contributed by atoms with Crippen molar-refractivity contribution in [2.45, 2.75) is 13.8 Å². The Morgan fingerprint density at radius 3 is 2.47 bits per heavy atom. The number of nitro groups is 1. The van der Waals surface area contributed by atoms with E-state index < -0.39 is 26.2 Å². The predicted molar refractivity (Wildman–Crippen MR) is 64.4 cm³/mol. The van der Waals surface area contributed by atoms with Gasteiger partial charge in [0.05, 0.1) is 20.3 Å². The SMILES string of the molecule is CCS(=O)(CC)=Nc1ccc(F)c([N+](=O)[O-])c1. The van der Waals surface area contributed by atoms with Crippen LogP contribution in [0.1, 0.15) is 13.8 Å². The third-order valence-corrected chi connectivity index (χ3v) is 4.65. The summed E-state index contributed by atoms with van der Waals surface area (Å²) in [5.41, 5.74) is -0.480. The van der Waals surface area contributed by atoms with Gasteiger partial charge in [0.1, 0.15) is 0 Å². The molecule has 0 aromatic heterocycles. The van der Waals surface area contributed by atoms with Gasteiger partial charge in [0.15, 0.2) is 0 Å². The van der Waals surface area contributed by atoms with Gasteiger partial charge < -0.3 is 0 Å². The summed E-state index contributed by atoms with van der Waals surface area (Å²) in [7, 11) is -2.39. The van der Waals surface area contributed by atoms with E-state index in [1.54, 1.807) is 13.8 Å². The average Bonchev–Trinajstić information content (AvgIpc) is 2.31. The van der Waals surface area contributed by atoms with Crippen LogP contribution in [0.15, 0.2) is 22.6 Å². The summed E-state index contributed by atoms with van der Waals surface area (Å²) < 4.78 is 29.1. The van der Waals surface area contributed by atoms with Crippen molar-refractivity contribution in [3.05, 3.63) is 34.1 Å². The predicted octanol–water partition coefficient (Wildman–Crippen LogP) is 2.87. The van der Waals surface area contributed by atoms with E-state index in [4.69, 9.17) is 0 Å². The molecule has 0 bridgehead atoms. The number of nitro benzene ring substituents is 1. The molecule has 17 heavy (non-hydrogen) atoms. The van der Waals surface area contributed by atoms with Crippen LogP contribution in [0, 0.1) is 15.9 Å². The van der Waals surface area contributed by atoms with Gasteiger partial charge in [-0.25, -0.2) is 4.21 Å². The highest BCUT2D eigenvalue weighted by Crippen LogP contribution is 2.24. The average molecular weight is 260 g/mol. The second kappa shape index (κ2) is 5.22. The molecule has 0 atom stereocenters. The molecule has 1 rings (SSSR count). The van der Waals surface area contributed by atoms with Crippen LogP contribution in [-0.4, -0.2) is 20.6 Å². The van der Waals surface area contributed by atoms with Crippen LogP contribution in [0.5, 0.6) is 0 Å². The first-order chi connectivity index (χ1) is 7.91. The van der Waals surface area contributed by atoms with Crippen LogP contribution < -0.4 is 0 Å². The molecule has 0 saturated carbocycles. The zero-order chi connectivity index (χ0) is 13.1. The molecule has 0 heterocycles. The zero-order valence-electron chi connectivity index (χ0n) is 9.55. The lowest BCUT2D eigenvalue weighted by atomic mass is 10.3. The first-order valence-electron chi connectivity index (χ1n) is 5.08. The molecule has 0 fully saturated rings. The molecule has 5 nitrogen and oxygen atoms in total. The van der Waals surface area contributed by atoms with Crippen molar-refractivity contribution in [1.29, 1.82) is 0 Å². The molecular weight excluding hydrogens is 247 g/mol. The maximum Gasteiger partial charge on any atom is 0.306 e. The summed E-state index contributed by atoms with van der Waals surface area (Å²) >= 11 is 0. The van der Waals surface area contributed by atoms with Crippen LogP contribution in [-0.2, 0) is 9.73 Å². The molecule has 7 heteroatoms. The Balaban J connectivity index is 3.31. The largest absolute Gasteiger partial charge is 0.306 e. The van der Waals surface area contributed by atoms with E-state index in [9.17, 15) is 18.7 Å². The maximum absolute atomic E-state index is 13.1. The number of halogens is 1. The molecule has 1 aromatic rings. The molecule has 0 aliphatic rings. The van der Waals surface area contributed by atoms with Gasteiger partial charge in [-0.15, -0.1) is 0 Å². The van der Waals surface area contributed by atoms with Crippen molar-refractivity contribution >= 4 is 21.1 Å². The Morgan fingerprint density at radius 2 is 2.00 bits per heavy atom. The van der Waals surface area contributed by atoms with E-state index in [1.807, 2.05) is 0 Å². The van der Waals surface area contributed by atoms with Crippen LogP contribution in [0.2, 0.25) is 0 Å². The minimum Gasteiger partial charge on any atom is -0.258 e. The van der Waals surface area contributed by atoms with Gasteiger partial charge in [0, 0.05) is 17.6 Å². The van der Waals surface area contributed by atoms with Crippen molar-refractivity contribution in [3.8, 4) is 0 Å². The smallest absolute Gasteiger partial charge is 0.258 e. The quantitative estimate of drug-likeness (QED) is 0.617. The van der Waals surface area contributed by atoms with Crippen molar-refractivity contribution in [1.82, 2.24) is 0 Å². The lowest BCUT2D eigenvalue weighted by Crippen LogP contribution is -2.05. The van der Waals surface area contributed by atoms with E-state index in [-0.39, 0.29) is 5.69 Å². The molecule has 0 amide bonds. The fraction of sp³-hybridized carbons (Fsp3) is 0.400. The minimum absolute atomic E-state index is 0.173. The number of hydrogen-bond donors (Lipinski definition) is 0. The van der Waals surface area contributed by atoms with Crippen LogP contribution in [0.25, 0.3) is 0 Å². The highest BCUT2D eigenvalue weighted by atomic mass is 32.2. The summed E-state index contributed by atoms with van der Waals surface area (Å²) in [6.07, 6.45) is 0. The maximum atomic E-state index is 13.1. The van der Waals surface area contributed by atoms with Gasteiger partial charge in [-0.05, 0) is 12.1 Å². The standard InChI is InChI=1S/C10H13FN2O3S/c1-3-17(16,4-2)12-8-5-6-9(11)10(7-8)13(14)15/h5-7H,3-4H2,1-2H3. The number of benzene rings is 1. The molecule has 0 aliphatic carbocycles. The third kappa shape index (κ3) is 3.23. The summed E-state index contributed by atoms with van der Waals surface area (Å²) in [6.45, 7) is 3.46. The Morgan fingerprint density at radius 1 is 1.41 bits per heavy atom. The fourth-order valence-corrected chi connectivity index (χ4v) is 2.39. The Kier molecular flexibility index (Phi) is 4.17. The fourth-order valence-electron chi connectivity index (χ4n) is 1.22. The molecule has 0 radical (unpaired) electrons. The van der Waals surface area contributed by atoms with Crippen molar-refractivity contribution in [2.75, 3.05) is 11.5 Å². The van der Waals surface area contributed by atoms with Gasteiger partial charge in [-0.3, -0.25) is 10.1 Å². The summed E-state index contributed by atoms with van der Waals surface area (Å²) in [6, 6.07) is 3.25. The van der Waals surface area contributed by atoms with Gasteiger partial charge in [-0.2, -0.15) is 8.75 Å². The van der Waals surface area contributed by atoms with Crippen LogP contribution in [0.3, 0.4) is 0 Å². The van der Waals surface area contributed by atoms with Gasteiger partial charge >= 0.3 is 5.69 Å². The minimum atomic E-state index is -2.39. The Hall–Kier alpha value is -1.50. The highest BCUT2D eigenvalue weighted by molar-refractivity contribution is 7.93. The first-order valence-corrected chi connectivity index (χ1v) is 6.93. The molecule has 0 spiro atoms. The Labute approximate surface area is 99.0 Å². The zero-order valence-corrected chi connectivity index (χ0v) is 10.4. The summed E-state index contributed by atoms with van der Waals surface area (Å²) in [4.78, 5) is 9.71. The molecular formula is C10H13FN2O3S. The van der Waals surface area contributed by atoms with E-state index in [2.05, 4.69) is 4.36 Å². The van der Waals surface area contributed by atoms with Gasteiger partial charge in [0.2, 0.25) is 5.82 Å². The van der Waals surface area contributed by atoms with E-state index in [0.29, 0.717) is 11.5 Å². The van der Waals surface area contributed by atoms with Crippen LogP contribution in [0.4, 0.5) is 15.8 Å². The molecule has 94 valence electrons. The molecule has 0 aliphatic heterocycles. The normalized spacial score (nSPS) is 11.2. The lowest BCUT2D eigenvalue weighted by Gasteiger charge is -2.03. The summed E-state index contributed by atoms with van der Waals surface area (Å²) in [5, 5.41) is 10.5. The number of nitrogens with zero attached hydrogens (tertiary/aromatic N) is 2. The van der Waals surface area contributed by atoms with Gasteiger partial charge in [-0.1, -0.05) is 13.8 Å². The van der Waals surface area contributed by atoms with E-state index in [0.717, 1.165) is 12.1 Å². The topological polar surface area (TPSA) is 72.6 Å². The first kappa shape index (κ1) is 13.6. The van der Waals surface area contributed by atoms with E-state index >= 15 is 0 Å². The molecule has 1 aromatic carbocycles. The summed E-state index contributed by atoms with van der Waals surface area (Å²) in [5.74, 6) is -0.211. The lowest BCUT2D eigenvalue weighted by molar-refractivity contribution is -0.387. The second-order valence-electron chi connectivity index (χ2n) is 3.33. The van der Waals surface area contributed by atoms with Crippen molar-refractivity contribution in [2.24, 2.45) is 4.36 Å². The molecule has 0 unspecified atom stereocenters. The number of rotatable bonds is 4. The molecule has 0 N–H and O–H groups in total. The van der Waals surface area contributed by atoms with E-state index in [1.165, 1.54) is 6.07 Å². The monoisotopic (exact) mass is 260 g/mol. The number of hydrogen-bond acceptors (Lipinski definition) is 4. The van der Waals surface area contributed by atoms with Gasteiger partial charge in [0.25, 0.3) is 0 Å². The second-order valence-corrected chi connectivity index (χ2v) is 6.22. The van der Waals surface area contributed by atoms with Crippen LogP contribution >= 0.6 is 0 Å².